The molecule has 0 bridgehead atoms. The van der Waals surface area contributed by atoms with Crippen LogP contribution in [0.25, 0.3) is 0 Å². The molecule has 1 fully saturated rings. The topological polar surface area (TPSA) is 29.5 Å². The molecule has 1 saturated carbocycles. The van der Waals surface area contributed by atoms with Gasteiger partial charge in [-0.2, -0.15) is 0 Å². The van der Waals surface area contributed by atoms with E-state index in [2.05, 4.69) is 0 Å². The van der Waals surface area contributed by atoms with Crippen molar-refractivity contribution in [2.24, 2.45) is 5.92 Å². The first kappa shape index (κ1) is 12.5. The molecule has 1 rings (SSSR count). The Morgan fingerprint density at radius 1 is 1.27 bits per heavy atom. The maximum atomic E-state index is 10.5. The Morgan fingerprint density at radius 2 is 1.93 bits per heavy atom. The molecule has 0 unspecified atom stereocenters. The standard InChI is InChI=1S/C12H23NO2/c1-2-13(11-14)15-10-9-12-7-5-3-4-6-8-12/h11-12H,2-10H2,1H3. The molecule has 0 N–H and O–H groups in total. The van der Waals surface area contributed by atoms with E-state index in [4.69, 9.17) is 4.84 Å². The van der Waals surface area contributed by atoms with Crippen molar-refractivity contribution in [1.29, 1.82) is 0 Å². The third kappa shape index (κ3) is 5.17. The van der Waals surface area contributed by atoms with Crippen molar-refractivity contribution in [3.63, 3.8) is 0 Å². The second-order valence-corrected chi connectivity index (χ2v) is 4.32. The number of nitrogens with zero attached hydrogens (tertiary/aromatic N) is 1. The predicted octanol–water partition coefficient (Wildman–Crippen LogP) is 2.76. The summed E-state index contributed by atoms with van der Waals surface area (Å²) in [5.74, 6) is 0.817. The van der Waals surface area contributed by atoms with E-state index in [0.717, 1.165) is 18.7 Å². The molecule has 0 atom stereocenters. The van der Waals surface area contributed by atoms with E-state index in [9.17, 15) is 4.79 Å². The van der Waals surface area contributed by atoms with E-state index < -0.39 is 0 Å². The number of carbonyl (C=O) groups excluding carboxylic acids is 1. The van der Waals surface area contributed by atoms with Gasteiger partial charge < -0.3 is 0 Å². The Hall–Kier alpha value is -0.570. The predicted molar refractivity (Wildman–Crippen MR) is 60.2 cm³/mol. The van der Waals surface area contributed by atoms with Crippen LogP contribution < -0.4 is 0 Å². The minimum atomic E-state index is 0.633. The van der Waals surface area contributed by atoms with Gasteiger partial charge in [0.25, 0.3) is 0 Å². The van der Waals surface area contributed by atoms with Crippen LogP contribution in [-0.4, -0.2) is 24.6 Å². The van der Waals surface area contributed by atoms with Crippen molar-refractivity contribution in [3.8, 4) is 0 Å². The van der Waals surface area contributed by atoms with Gasteiger partial charge in [0.05, 0.1) is 6.61 Å². The lowest BCUT2D eigenvalue weighted by molar-refractivity contribution is -0.172. The van der Waals surface area contributed by atoms with Crippen LogP contribution in [0.15, 0.2) is 0 Å². The lowest BCUT2D eigenvalue weighted by atomic mass is 9.97. The first-order valence-corrected chi connectivity index (χ1v) is 6.21. The first-order chi connectivity index (χ1) is 7.36. The monoisotopic (exact) mass is 213 g/mol. The third-order valence-corrected chi connectivity index (χ3v) is 3.19. The van der Waals surface area contributed by atoms with E-state index in [1.807, 2.05) is 6.92 Å². The molecule has 0 aromatic carbocycles. The van der Waals surface area contributed by atoms with Crippen LogP contribution in [0, 0.1) is 5.92 Å². The zero-order valence-electron chi connectivity index (χ0n) is 9.78. The molecule has 1 aliphatic carbocycles. The zero-order chi connectivity index (χ0) is 10.9. The highest BCUT2D eigenvalue weighted by molar-refractivity contribution is 5.44. The highest BCUT2D eigenvalue weighted by Gasteiger charge is 2.12. The third-order valence-electron chi connectivity index (χ3n) is 3.19. The molecule has 88 valence electrons. The summed E-state index contributed by atoms with van der Waals surface area (Å²) in [7, 11) is 0. The average molecular weight is 213 g/mol. The lowest BCUT2D eigenvalue weighted by Gasteiger charge is -2.17. The van der Waals surface area contributed by atoms with E-state index in [1.54, 1.807) is 0 Å². The van der Waals surface area contributed by atoms with Crippen molar-refractivity contribution in [2.75, 3.05) is 13.2 Å². The number of hydrogen-bond acceptors (Lipinski definition) is 2. The smallest absolute Gasteiger partial charge is 0.233 e. The first-order valence-electron chi connectivity index (χ1n) is 6.21. The average Bonchev–Trinajstić information content (AvgIpc) is 2.53. The van der Waals surface area contributed by atoms with Crippen LogP contribution in [0.4, 0.5) is 0 Å². The van der Waals surface area contributed by atoms with Gasteiger partial charge in [0.1, 0.15) is 0 Å². The van der Waals surface area contributed by atoms with Crippen LogP contribution in [0.5, 0.6) is 0 Å². The maximum absolute atomic E-state index is 10.5. The molecule has 0 aromatic heterocycles. The molecule has 3 heteroatoms. The van der Waals surface area contributed by atoms with Crippen molar-refractivity contribution in [1.82, 2.24) is 5.06 Å². The zero-order valence-corrected chi connectivity index (χ0v) is 9.78. The minimum absolute atomic E-state index is 0.633. The van der Waals surface area contributed by atoms with Gasteiger partial charge in [0.15, 0.2) is 0 Å². The largest absolute Gasteiger partial charge is 0.276 e. The minimum Gasteiger partial charge on any atom is -0.276 e. The highest BCUT2D eigenvalue weighted by Crippen LogP contribution is 2.25. The fourth-order valence-electron chi connectivity index (χ4n) is 2.19. The van der Waals surface area contributed by atoms with E-state index in [-0.39, 0.29) is 0 Å². The fourth-order valence-corrected chi connectivity index (χ4v) is 2.19. The molecular formula is C12H23NO2. The van der Waals surface area contributed by atoms with Crippen LogP contribution in [0.3, 0.4) is 0 Å². The molecule has 1 amide bonds. The SMILES string of the molecule is CCN(C=O)OCCC1CCCCCC1. The fraction of sp³-hybridized carbons (Fsp3) is 0.917. The summed E-state index contributed by atoms with van der Waals surface area (Å²) in [6.07, 6.45) is 10.1. The molecule has 0 spiro atoms. The highest BCUT2D eigenvalue weighted by atomic mass is 16.7. The summed E-state index contributed by atoms with van der Waals surface area (Å²) in [6, 6.07) is 0. The van der Waals surface area contributed by atoms with Crippen molar-refractivity contribution in [2.45, 2.75) is 51.9 Å². The summed E-state index contributed by atoms with van der Waals surface area (Å²) in [6.45, 7) is 3.24. The van der Waals surface area contributed by atoms with Gasteiger partial charge in [-0.3, -0.25) is 9.63 Å². The Bertz CT molecular complexity index is 165. The van der Waals surface area contributed by atoms with Gasteiger partial charge in [-0.15, -0.1) is 0 Å². The second-order valence-electron chi connectivity index (χ2n) is 4.32. The molecule has 0 radical (unpaired) electrons. The number of rotatable bonds is 6. The van der Waals surface area contributed by atoms with E-state index >= 15 is 0 Å². The molecular weight excluding hydrogens is 190 g/mol. The molecule has 15 heavy (non-hydrogen) atoms. The number of hydrogen-bond donors (Lipinski definition) is 0. The maximum Gasteiger partial charge on any atom is 0.233 e. The van der Waals surface area contributed by atoms with Gasteiger partial charge >= 0.3 is 0 Å². The Balaban J connectivity index is 2.09. The molecule has 1 aliphatic rings. The normalized spacial score (nSPS) is 18.5. The van der Waals surface area contributed by atoms with Gasteiger partial charge in [-0.25, -0.2) is 5.06 Å². The van der Waals surface area contributed by atoms with Gasteiger partial charge in [-0.05, 0) is 19.3 Å². The molecule has 0 heterocycles. The van der Waals surface area contributed by atoms with Gasteiger partial charge in [0.2, 0.25) is 6.41 Å². The van der Waals surface area contributed by atoms with Crippen molar-refractivity contribution in [3.05, 3.63) is 0 Å². The Labute approximate surface area is 92.7 Å². The Kier molecular flexibility index (Phi) is 6.41. The van der Waals surface area contributed by atoms with Gasteiger partial charge in [-0.1, -0.05) is 38.5 Å². The summed E-state index contributed by atoms with van der Waals surface area (Å²) in [5.41, 5.74) is 0. The molecule has 0 saturated heterocycles. The number of carbonyl (C=O) groups is 1. The van der Waals surface area contributed by atoms with Crippen LogP contribution in [-0.2, 0) is 9.63 Å². The summed E-state index contributed by atoms with van der Waals surface area (Å²) < 4.78 is 0. The van der Waals surface area contributed by atoms with Gasteiger partial charge in [0, 0.05) is 6.54 Å². The quantitative estimate of drug-likeness (QED) is 0.386. The van der Waals surface area contributed by atoms with Crippen molar-refractivity contribution >= 4 is 6.41 Å². The van der Waals surface area contributed by atoms with E-state index in [1.165, 1.54) is 43.6 Å². The lowest BCUT2D eigenvalue weighted by Crippen LogP contribution is -2.23. The Morgan fingerprint density at radius 3 is 2.47 bits per heavy atom. The van der Waals surface area contributed by atoms with E-state index in [0.29, 0.717) is 13.2 Å². The van der Waals surface area contributed by atoms with Crippen LogP contribution in [0.2, 0.25) is 0 Å². The molecule has 0 aromatic rings. The molecule has 3 nitrogen and oxygen atoms in total. The van der Waals surface area contributed by atoms with Crippen LogP contribution >= 0.6 is 0 Å². The van der Waals surface area contributed by atoms with Crippen molar-refractivity contribution < 1.29 is 9.63 Å². The molecule has 0 aliphatic heterocycles. The second kappa shape index (κ2) is 7.69. The summed E-state index contributed by atoms with van der Waals surface area (Å²) in [4.78, 5) is 15.8. The summed E-state index contributed by atoms with van der Waals surface area (Å²) >= 11 is 0. The van der Waals surface area contributed by atoms with Crippen LogP contribution in [0.1, 0.15) is 51.9 Å². The number of amides is 1. The summed E-state index contributed by atoms with van der Waals surface area (Å²) in [5, 5.41) is 1.37. The number of hydroxylamine groups is 2.